The molecule has 20 heavy (non-hydrogen) atoms. The van der Waals surface area contributed by atoms with Gasteiger partial charge in [0.1, 0.15) is 5.82 Å². The number of nitrogens with one attached hydrogen (secondary N) is 1. The average molecular weight is 316 g/mol. The van der Waals surface area contributed by atoms with Gasteiger partial charge in [0.25, 0.3) is 5.91 Å². The summed E-state index contributed by atoms with van der Waals surface area (Å²) in [6.07, 6.45) is 5.06. The summed E-state index contributed by atoms with van der Waals surface area (Å²) in [7, 11) is -3.99. The first-order valence-electron chi connectivity index (χ1n) is 5.48. The molecule has 8 heteroatoms. The highest BCUT2D eigenvalue weighted by Gasteiger charge is 2.15. The van der Waals surface area contributed by atoms with Crippen molar-refractivity contribution < 1.29 is 17.6 Å². The second-order valence-electron chi connectivity index (χ2n) is 3.70. The third-order valence-electron chi connectivity index (χ3n) is 2.23. The van der Waals surface area contributed by atoms with Crippen LogP contribution in [-0.2, 0) is 10.0 Å². The molecule has 3 N–H and O–H groups in total. The summed E-state index contributed by atoms with van der Waals surface area (Å²) < 4.78 is 35.7. The van der Waals surface area contributed by atoms with Crippen LogP contribution in [0.1, 0.15) is 10.4 Å². The van der Waals surface area contributed by atoms with E-state index in [9.17, 15) is 17.6 Å². The Hall–Kier alpha value is -1.56. The number of benzene rings is 1. The molecular weight excluding hydrogens is 303 g/mol. The van der Waals surface area contributed by atoms with Crippen molar-refractivity contribution in [1.82, 2.24) is 5.32 Å². The van der Waals surface area contributed by atoms with Gasteiger partial charge in [-0.05, 0) is 18.2 Å². The zero-order valence-corrected chi connectivity index (χ0v) is 12.1. The van der Waals surface area contributed by atoms with Crippen LogP contribution in [-0.4, -0.2) is 32.4 Å². The summed E-state index contributed by atoms with van der Waals surface area (Å²) in [6.45, 7) is 0.335. The SMILES string of the molecule is C#CCSCCNC(=O)c1ccc(S(N)(=O)=O)cc1F. The van der Waals surface area contributed by atoms with Gasteiger partial charge in [0, 0.05) is 12.3 Å². The molecule has 0 aliphatic rings. The monoisotopic (exact) mass is 316 g/mol. The first kappa shape index (κ1) is 16.5. The highest BCUT2D eigenvalue weighted by atomic mass is 32.2. The van der Waals surface area contributed by atoms with Gasteiger partial charge in [-0.25, -0.2) is 17.9 Å². The Morgan fingerprint density at radius 1 is 1.50 bits per heavy atom. The van der Waals surface area contributed by atoms with Gasteiger partial charge in [0.15, 0.2) is 0 Å². The summed E-state index contributed by atoms with van der Waals surface area (Å²) in [5.41, 5.74) is -0.237. The number of amides is 1. The number of nitrogens with two attached hydrogens (primary N) is 1. The molecule has 0 aromatic heterocycles. The normalized spacial score (nSPS) is 10.8. The van der Waals surface area contributed by atoms with E-state index in [4.69, 9.17) is 11.6 Å². The van der Waals surface area contributed by atoms with Gasteiger partial charge >= 0.3 is 0 Å². The standard InChI is InChI=1S/C12H13FN2O3S2/c1-2-6-19-7-5-15-12(16)10-4-3-9(8-11(10)13)20(14,17)18/h1,3-4,8H,5-7H2,(H,15,16)(H2,14,17,18). The van der Waals surface area contributed by atoms with E-state index in [1.165, 1.54) is 11.8 Å². The predicted molar refractivity (Wildman–Crippen MR) is 76.3 cm³/mol. The molecule has 1 aromatic rings. The maximum atomic E-state index is 13.6. The summed E-state index contributed by atoms with van der Waals surface area (Å²) in [6, 6.07) is 2.89. The fraction of sp³-hybridized carbons (Fsp3) is 0.250. The smallest absolute Gasteiger partial charge is 0.254 e. The number of rotatable bonds is 6. The van der Waals surface area contributed by atoms with Crippen LogP contribution in [0.5, 0.6) is 0 Å². The summed E-state index contributed by atoms with van der Waals surface area (Å²) in [5.74, 6) is 2.02. The molecule has 0 saturated heterocycles. The molecule has 0 fully saturated rings. The minimum Gasteiger partial charge on any atom is -0.351 e. The Balaban J connectivity index is 2.68. The number of hydrogen-bond acceptors (Lipinski definition) is 4. The molecular formula is C12H13FN2O3S2. The van der Waals surface area contributed by atoms with E-state index >= 15 is 0 Å². The molecule has 1 rings (SSSR count). The lowest BCUT2D eigenvalue weighted by molar-refractivity contribution is 0.0952. The van der Waals surface area contributed by atoms with Crippen LogP contribution in [0.25, 0.3) is 0 Å². The Morgan fingerprint density at radius 2 is 2.20 bits per heavy atom. The summed E-state index contributed by atoms with van der Waals surface area (Å²) in [5, 5.41) is 7.37. The van der Waals surface area contributed by atoms with Crippen molar-refractivity contribution in [3.8, 4) is 12.3 Å². The van der Waals surface area contributed by atoms with E-state index in [0.717, 1.165) is 18.2 Å². The number of hydrogen-bond donors (Lipinski definition) is 2. The highest BCUT2D eigenvalue weighted by molar-refractivity contribution is 7.99. The number of halogens is 1. The highest BCUT2D eigenvalue weighted by Crippen LogP contribution is 2.13. The van der Waals surface area contributed by atoms with Gasteiger partial charge in [-0.15, -0.1) is 18.2 Å². The first-order valence-corrected chi connectivity index (χ1v) is 8.18. The van der Waals surface area contributed by atoms with E-state index in [1.54, 1.807) is 0 Å². The van der Waals surface area contributed by atoms with E-state index in [2.05, 4.69) is 11.2 Å². The predicted octanol–water partition coefficient (Wildman–Crippen LogP) is 0.569. The minimum atomic E-state index is -3.99. The van der Waals surface area contributed by atoms with Crippen LogP contribution >= 0.6 is 11.8 Å². The molecule has 5 nitrogen and oxygen atoms in total. The molecule has 0 bridgehead atoms. The lowest BCUT2D eigenvalue weighted by atomic mass is 10.2. The molecule has 0 unspecified atom stereocenters. The third-order valence-corrected chi connectivity index (χ3v) is 4.01. The Labute approximate surface area is 121 Å². The van der Waals surface area contributed by atoms with Crippen LogP contribution in [0.15, 0.2) is 23.1 Å². The molecule has 0 radical (unpaired) electrons. The summed E-state index contributed by atoms with van der Waals surface area (Å²) in [4.78, 5) is 11.3. The quantitative estimate of drug-likeness (QED) is 0.593. The number of terminal acetylenes is 1. The van der Waals surface area contributed by atoms with Crippen molar-refractivity contribution in [2.24, 2.45) is 5.14 Å². The van der Waals surface area contributed by atoms with Crippen molar-refractivity contribution in [2.45, 2.75) is 4.90 Å². The van der Waals surface area contributed by atoms with E-state index < -0.39 is 21.7 Å². The number of sulfonamides is 1. The van der Waals surface area contributed by atoms with Crippen LogP contribution < -0.4 is 10.5 Å². The van der Waals surface area contributed by atoms with Gasteiger partial charge in [-0.1, -0.05) is 5.92 Å². The average Bonchev–Trinajstić information content (AvgIpc) is 2.37. The second-order valence-corrected chi connectivity index (χ2v) is 6.37. The molecule has 0 atom stereocenters. The van der Waals surface area contributed by atoms with E-state index in [0.29, 0.717) is 18.1 Å². The Kier molecular flexibility index (Phi) is 6.01. The fourth-order valence-electron chi connectivity index (χ4n) is 1.32. The van der Waals surface area contributed by atoms with Crippen LogP contribution in [0.4, 0.5) is 4.39 Å². The largest absolute Gasteiger partial charge is 0.351 e. The number of carbonyl (C=O) groups is 1. The van der Waals surface area contributed by atoms with Gasteiger partial charge in [0.05, 0.1) is 16.2 Å². The number of thioether (sulfide) groups is 1. The molecule has 0 aliphatic carbocycles. The molecule has 1 aromatic carbocycles. The van der Waals surface area contributed by atoms with Crippen LogP contribution in [0.3, 0.4) is 0 Å². The molecule has 108 valence electrons. The van der Waals surface area contributed by atoms with Crippen molar-refractivity contribution in [3.63, 3.8) is 0 Å². The topological polar surface area (TPSA) is 89.3 Å². The Morgan fingerprint density at radius 3 is 2.75 bits per heavy atom. The molecule has 1 amide bonds. The maximum Gasteiger partial charge on any atom is 0.254 e. The van der Waals surface area contributed by atoms with Gasteiger partial charge in [-0.2, -0.15) is 0 Å². The fourth-order valence-corrected chi connectivity index (χ4v) is 2.35. The minimum absolute atomic E-state index is 0.237. The molecule has 0 aliphatic heterocycles. The van der Waals surface area contributed by atoms with Crippen molar-refractivity contribution in [1.29, 1.82) is 0 Å². The van der Waals surface area contributed by atoms with Gasteiger partial charge in [-0.3, -0.25) is 4.79 Å². The molecule has 0 heterocycles. The van der Waals surface area contributed by atoms with E-state index in [1.807, 2.05) is 0 Å². The zero-order chi connectivity index (χ0) is 15.2. The van der Waals surface area contributed by atoms with Crippen molar-refractivity contribution in [3.05, 3.63) is 29.6 Å². The van der Waals surface area contributed by atoms with Crippen molar-refractivity contribution >= 4 is 27.7 Å². The lowest BCUT2D eigenvalue weighted by Gasteiger charge is -2.06. The van der Waals surface area contributed by atoms with Gasteiger partial charge < -0.3 is 5.32 Å². The van der Waals surface area contributed by atoms with Crippen LogP contribution in [0.2, 0.25) is 0 Å². The first-order chi connectivity index (χ1) is 9.36. The van der Waals surface area contributed by atoms with Crippen LogP contribution in [0, 0.1) is 18.2 Å². The molecule has 0 saturated carbocycles. The van der Waals surface area contributed by atoms with Gasteiger partial charge in [0.2, 0.25) is 10.0 Å². The maximum absolute atomic E-state index is 13.6. The molecule has 0 spiro atoms. The summed E-state index contributed by atoms with van der Waals surface area (Å²) >= 11 is 1.46. The van der Waals surface area contributed by atoms with Crippen molar-refractivity contribution in [2.75, 3.05) is 18.1 Å². The third kappa shape index (κ3) is 4.85. The second kappa shape index (κ2) is 7.28. The lowest BCUT2D eigenvalue weighted by Crippen LogP contribution is -2.27. The number of carbonyl (C=O) groups excluding carboxylic acids is 1. The van der Waals surface area contributed by atoms with E-state index in [-0.39, 0.29) is 10.5 Å². The number of primary sulfonamides is 1. The Bertz CT molecular complexity index is 639. The zero-order valence-electron chi connectivity index (χ0n) is 10.4.